The average Bonchev–Trinajstić information content (AvgIpc) is 2.55. The first kappa shape index (κ1) is 15.5. The summed E-state index contributed by atoms with van der Waals surface area (Å²) in [4.78, 5) is 1.22. The molecule has 21 heavy (non-hydrogen) atoms. The maximum atomic E-state index is 8.69. The standard InChI is InChI=1S/C18H18O2S/c1-20-17-9-11-18(12-10-17)21-14-16-7-5-15(6-8-16)4-2-3-13-19/h5-12,19H,3,13-14H2,1H3. The van der Waals surface area contributed by atoms with Gasteiger partial charge in [-0.05, 0) is 42.0 Å². The van der Waals surface area contributed by atoms with E-state index >= 15 is 0 Å². The third-order valence-electron chi connectivity index (χ3n) is 2.89. The number of ether oxygens (including phenoxy) is 1. The van der Waals surface area contributed by atoms with E-state index in [1.807, 2.05) is 24.3 Å². The van der Waals surface area contributed by atoms with Gasteiger partial charge in [0.1, 0.15) is 5.75 Å². The summed E-state index contributed by atoms with van der Waals surface area (Å²) in [6, 6.07) is 16.3. The van der Waals surface area contributed by atoms with Crippen LogP contribution in [0.5, 0.6) is 5.75 Å². The minimum atomic E-state index is 0.115. The summed E-state index contributed by atoms with van der Waals surface area (Å²) in [6.45, 7) is 0.115. The van der Waals surface area contributed by atoms with Crippen molar-refractivity contribution in [2.24, 2.45) is 0 Å². The fraction of sp³-hybridized carbons (Fsp3) is 0.222. The highest BCUT2D eigenvalue weighted by Gasteiger charge is 1.98. The van der Waals surface area contributed by atoms with Gasteiger partial charge in [0.15, 0.2) is 0 Å². The van der Waals surface area contributed by atoms with Crippen LogP contribution in [0.4, 0.5) is 0 Å². The van der Waals surface area contributed by atoms with Gasteiger partial charge in [-0.25, -0.2) is 0 Å². The summed E-state index contributed by atoms with van der Waals surface area (Å²) < 4.78 is 5.15. The van der Waals surface area contributed by atoms with E-state index in [1.165, 1.54) is 10.5 Å². The van der Waals surface area contributed by atoms with E-state index in [-0.39, 0.29) is 6.61 Å². The van der Waals surface area contributed by atoms with Crippen molar-refractivity contribution in [1.29, 1.82) is 0 Å². The van der Waals surface area contributed by atoms with E-state index in [0.717, 1.165) is 17.1 Å². The molecule has 0 aromatic heterocycles. The molecule has 0 bridgehead atoms. The second-order valence-electron chi connectivity index (χ2n) is 4.44. The predicted molar refractivity (Wildman–Crippen MR) is 87.6 cm³/mol. The highest BCUT2D eigenvalue weighted by molar-refractivity contribution is 7.98. The number of methoxy groups -OCH3 is 1. The van der Waals surface area contributed by atoms with Crippen molar-refractivity contribution < 1.29 is 9.84 Å². The lowest BCUT2D eigenvalue weighted by Gasteiger charge is -2.04. The van der Waals surface area contributed by atoms with Gasteiger partial charge in [-0.2, -0.15) is 0 Å². The van der Waals surface area contributed by atoms with Gasteiger partial charge in [-0.3, -0.25) is 0 Å². The molecule has 0 atom stereocenters. The normalized spacial score (nSPS) is 9.81. The molecular formula is C18H18O2S. The fourth-order valence-corrected chi connectivity index (χ4v) is 2.60. The Morgan fingerprint density at radius 1 is 1.05 bits per heavy atom. The van der Waals surface area contributed by atoms with Gasteiger partial charge >= 0.3 is 0 Å². The molecule has 0 heterocycles. The van der Waals surface area contributed by atoms with Gasteiger partial charge in [0, 0.05) is 22.6 Å². The average molecular weight is 298 g/mol. The van der Waals surface area contributed by atoms with Crippen molar-refractivity contribution in [2.75, 3.05) is 13.7 Å². The number of aliphatic hydroxyl groups excluding tert-OH is 1. The third kappa shape index (κ3) is 5.18. The Bertz CT molecular complexity index is 606. The molecule has 0 spiro atoms. The zero-order valence-corrected chi connectivity index (χ0v) is 12.8. The van der Waals surface area contributed by atoms with Gasteiger partial charge in [-0.15, -0.1) is 11.8 Å². The largest absolute Gasteiger partial charge is 0.497 e. The molecule has 0 amide bonds. The van der Waals surface area contributed by atoms with Gasteiger partial charge in [-0.1, -0.05) is 24.0 Å². The molecule has 0 saturated heterocycles. The Kier molecular flexibility index (Phi) is 6.21. The molecule has 3 heteroatoms. The molecule has 0 aliphatic heterocycles. The van der Waals surface area contributed by atoms with Crippen LogP contribution in [0.3, 0.4) is 0 Å². The molecule has 1 N–H and O–H groups in total. The lowest BCUT2D eigenvalue weighted by atomic mass is 10.1. The Hall–Kier alpha value is -1.89. The summed E-state index contributed by atoms with van der Waals surface area (Å²) in [7, 11) is 1.67. The van der Waals surface area contributed by atoms with E-state index in [4.69, 9.17) is 9.84 Å². The number of hydrogen-bond donors (Lipinski definition) is 1. The molecule has 0 aliphatic carbocycles. The first-order valence-corrected chi connectivity index (χ1v) is 7.76. The first-order chi connectivity index (χ1) is 10.3. The fourth-order valence-electron chi connectivity index (χ4n) is 1.74. The number of rotatable bonds is 5. The Morgan fingerprint density at radius 2 is 1.76 bits per heavy atom. The van der Waals surface area contributed by atoms with Crippen LogP contribution in [0, 0.1) is 11.8 Å². The Morgan fingerprint density at radius 3 is 2.38 bits per heavy atom. The maximum Gasteiger partial charge on any atom is 0.118 e. The SMILES string of the molecule is COc1ccc(SCc2ccc(C#CCCO)cc2)cc1. The Labute approximate surface area is 130 Å². The van der Waals surface area contributed by atoms with Crippen LogP contribution in [0.25, 0.3) is 0 Å². The summed E-state index contributed by atoms with van der Waals surface area (Å²) in [5, 5.41) is 8.69. The topological polar surface area (TPSA) is 29.5 Å². The highest BCUT2D eigenvalue weighted by Crippen LogP contribution is 2.24. The van der Waals surface area contributed by atoms with E-state index in [9.17, 15) is 0 Å². The minimum absolute atomic E-state index is 0.115. The summed E-state index contributed by atoms with van der Waals surface area (Å²) in [5.41, 5.74) is 2.25. The minimum Gasteiger partial charge on any atom is -0.497 e. The molecule has 2 nitrogen and oxygen atoms in total. The molecule has 0 saturated carbocycles. The van der Waals surface area contributed by atoms with E-state index in [2.05, 4.69) is 36.1 Å². The van der Waals surface area contributed by atoms with Gasteiger partial charge in [0.05, 0.1) is 13.7 Å². The Balaban J connectivity index is 1.89. The smallest absolute Gasteiger partial charge is 0.118 e. The van der Waals surface area contributed by atoms with Crippen LogP contribution in [-0.4, -0.2) is 18.8 Å². The van der Waals surface area contributed by atoms with Crippen LogP contribution in [0.2, 0.25) is 0 Å². The molecule has 2 rings (SSSR count). The van der Waals surface area contributed by atoms with E-state index < -0.39 is 0 Å². The van der Waals surface area contributed by atoms with Crippen molar-refractivity contribution in [1.82, 2.24) is 0 Å². The monoisotopic (exact) mass is 298 g/mol. The van der Waals surface area contributed by atoms with Crippen molar-refractivity contribution in [3.05, 3.63) is 59.7 Å². The second kappa shape index (κ2) is 8.41. The number of hydrogen-bond acceptors (Lipinski definition) is 3. The number of aliphatic hydroxyl groups is 1. The quantitative estimate of drug-likeness (QED) is 0.674. The van der Waals surface area contributed by atoms with Crippen LogP contribution >= 0.6 is 11.8 Å². The molecule has 108 valence electrons. The van der Waals surface area contributed by atoms with Gasteiger partial charge in [0.2, 0.25) is 0 Å². The lowest BCUT2D eigenvalue weighted by Crippen LogP contribution is -1.84. The van der Waals surface area contributed by atoms with E-state index in [0.29, 0.717) is 6.42 Å². The zero-order chi connectivity index (χ0) is 14.9. The highest BCUT2D eigenvalue weighted by atomic mass is 32.2. The number of thioether (sulfide) groups is 1. The van der Waals surface area contributed by atoms with Crippen molar-refractivity contribution in [3.8, 4) is 17.6 Å². The molecule has 0 fully saturated rings. The van der Waals surface area contributed by atoms with Crippen LogP contribution < -0.4 is 4.74 Å². The molecule has 0 unspecified atom stereocenters. The molecule has 0 radical (unpaired) electrons. The summed E-state index contributed by atoms with van der Waals surface area (Å²) in [5.74, 6) is 7.76. The van der Waals surface area contributed by atoms with Crippen LogP contribution in [0.1, 0.15) is 17.5 Å². The molecular weight excluding hydrogens is 280 g/mol. The predicted octanol–water partition coefficient (Wildman–Crippen LogP) is 3.72. The van der Waals surface area contributed by atoms with Crippen molar-refractivity contribution in [2.45, 2.75) is 17.1 Å². The molecule has 2 aromatic carbocycles. The molecule has 2 aromatic rings. The zero-order valence-electron chi connectivity index (χ0n) is 12.0. The summed E-state index contributed by atoms with van der Waals surface area (Å²) >= 11 is 1.80. The number of benzene rings is 2. The summed E-state index contributed by atoms with van der Waals surface area (Å²) in [6.07, 6.45) is 0.523. The van der Waals surface area contributed by atoms with E-state index in [1.54, 1.807) is 18.9 Å². The van der Waals surface area contributed by atoms with Crippen molar-refractivity contribution in [3.63, 3.8) is 0 Å². The maximum absolute atomic E-state index is 8.69. The van der Waals surface area contributed by atoms with Crippen molar-refractivity contribution >= 4 is 11.8 Å². The van der Waals surface area contributed by atoms with Gasteiger partial charge in [0.25, 0.3) is 0 Å². The van der Waals surface area contributed by atoms with Crippen LogP contribution in [-0.2, 0) is 5.75 Å². The van der Waals surface area contributed by atoms with Crippen LogP contribution in [0.15, 0.2) is 53.4 Å². The van der Waals surface area contributed by atoms with Gasteiger partial charge < -0.3 is 9.84 Å². The first-order valence-electron chi connectivity index (χ1n) is 6.77. The molecule has 0 aliphatic rings. The second-order valence-corrected chi connectivity index (χ2v) is 5.49. The lowest BCUT2D eigenvalue weighted by molar-refractivity contribution is 0.305. The third-order valence-corrected chi connectivity index (χ3v) is 3.97.